The van der Waals surface area contributed by atoms with Gasteiger partial charge in [-0.1, -0.05) is 85.0 Å². The van der Waals surface area contributed by atoms with E-state index in [-0.39, 0.29) is 6.17 Å². The smallest absolute Gasteiger partial charge is 0.147 e. The Balaban J connectivity index is 1.25. The average Bonchev–Trinajstić information content (AvgIpc) is 3.72. The van der Waals surface area contributed by atoms with Crippen LogP contribution >= 0.6 is 0 Å². The highest BCUT2D eigenvalue weighted by Crippen LogP contribution is 2.45. The molecule has 0 fully saturated rings. The average molecular weight is 531 g/mol. The van der Waals surface area contributed by atoms with E-state index in [9.17, 15) is 0 Å². The predicted molar refractivity (Wildman–Crippen MR) is 167 cm³/mol. The number of nitrogens with one attached hydrogen (secondary N) is 1. The standard InChI is InChI=1S/C37H26N2O2/c1-2-10-25(11-3-1)35-34(38-32-16-8-9-21-39(32)35)24-19-17-23(18-20-24)33-36-28(26-12-4-6-14-30(26)40-36)22-29-27-13-5-7-15-31(27)41-37(29)33/h2,4-22,32,38H,1,3H2. The molecule has 1 atom stereocenters. The van der Waals surface area contributed by atoms with E-state index in [1.165, 1.54) is 11.3 Å². The molecule has 6 aromatic rings. The zero-order valence-corrected chi connectivity index (χ0v) is 22.3. The maximum absolute atomic E-state index is 6.51. The molecule has 4 nitrogen and oxygen atoms in total. The van der Waals surface area contributed by atoms with Gasteiger partial charge in [-0.25, -0.2) is 0 Å². The molecule has 1 aliphatic carbocycles. The molecule has 0 bridgehead atoms. The molecule has 2 aromatic heterocycles. The van der Waals surface area contributed by atoms with Crippen LogP contribution in [0.1, 0.15) is 18.4 Å². The summed E-state index contributed by atoms with van der Waals surface area (Å²) < 4.78 is 13.0. The van der Waals surface area contributed by atoms with Gasteiger partial charge in [0.2, 0.25) is 0 Å². The Morgan fingerprint density at radius 1 is 0.707 bits per heavy atom. The maximum atomic E-state index is 6.51. The molecule has 0 saturated heterocycles. The Bertz CT molecular complexity index is 2090. The van der Waals surface area contributed by atoms with Gasteiger partial charge < -0.3 is 19.1 Å². The van der Waals surface area contributed by atoms with Crippen LogP contribution in [-0.4, -0.2) is 11.1 Å². The molecule has 4 heterocycles. The fourth-order valence-electron chi connectivity index (χ4n) is 6.58. The first kappa shape index (κ1) is 22.6. The number of rotatable bonds is 3. The van der Waals surface area contributed by atoms with Crippen LogP contribution in [0.4, 0.5) is 0 Å². The molecule has 4 heteroatoms. The summed E-state index contributed by atoms with van der Waals surface area (Å²) in [6.07, 6.45) is 17.7. The minimum atomic E-state index is 0.111. The van der Waals surface area contributed by atoms with Crippen molar-refractivity contribution in [3.05, 3.63) is 138 Å². The zero-order valence-electron chi connectivity index (χ0n) is 22.3. The molecule has 196 valence electrons. The van der Waals surface area contributed by atoms with Crippen LogP contribution in [0.3, 0.4) is 0 Å². The van der Waals surface area contributed by atoms with Crippen molar-refractivity contribution in [1.82, 2.24) is 10.2 Å². The van der Waals surface area contributed by atoms with Gasteiger partial charge in [-0.3, -0.25) is 0 Å². The molecule has 2 aliphatic heterocycles. The van der Waals surface area contributed by atoms with Crippen LogP contribution in [0.5, 0.6) is 0 Å². The van der Waals surface area contributed by atoms with Gasteiger partial charge in [-0.2, -0.15) is 0 Å². The highest BCUT2D eigenvalue weighted by molar-refractivity contribution is 6.21. The second-order valence-corrected chi connectivity index (χ2v) is 10.9. The lowest BCUT2D eigenvalue weighted by atomic mass is 9.96. The van der Waals surface area contributed by atoms with Crippen molar-refractivity contribution in [2.45, 2.75) is 19.0 Å². The minimum absolute atomic E-state index is 0.111. The van der Waals surface area contributed by atoms with Crippen molar-refractivity contribution in [1.29, 1.82) is 0 Å². The van der Waals surface area contributed by atoms with Gasteiger partial charge in [0.15, 0.2) is 0 Å². The van der Waals surface area contributed by atoms with Gasteiger partial charge in [-0.15, -0.1) is 0 Å². The zero-order chi connectivity index (χ0) is 26.9. The van der Waals surface area contributed by atoms with Crippen LogP contribution < -0.4 is 5.32 Å². The first-order valence-corrected chi connectivity index (χ1v) is 14.2. The molecule has 3 aliphatic rings. The van der Waals surface area contributed by atoms with E-state index in [4.69, 9.17) is 8.83 Å². The fourth-order valence-corrected chi connectivity index (χ4v) is 6.58. The van der Waals surface area contributed by atoms with Crippen molar-refractivity contribution < 1.29 is 8.83 Å². The molecular weight excluding hydrogens is 504 g/mol. The van der Waals surface area contributed by atoms with Crippen molar-refractivity contribution in [2.75, 3.05) is 0 Å². The Morgan fingerprint density at radius 2 is 1.39 bits per heavy atom. The third-order valence-electron chi connectivity index (χ3n) is 8.48. The minimum Gasteiger partial charge on any atom is -0.455 e. The number of furan rings is 2. The summed E-state index contributed by atoms with van der Waals surface area (Å²) in [4.78, 5) is 2.33. The molecular formula is C37H26N2O2. The number of benzene rings is 4. The molecule has 4 aromatic carbocycles. The lowest BCUT2D eigenvalue weighted by Gasteiger charge is -2.26. The van der Waals surface area contributed by atoms with Crippen molar-refractivity contribution in [3.63, 3.8) is 0 Å². The summed E-state index contributed by atoms with van der Waals surface area (Å²) in [5.41, 5.74) is 10.3. The van der Waals surface area contributed by atoms with Crippen LogP contribution in [0.15, 0.2) is 142 Å². The van der Waals surface area contributed by atoms with Gasteiger partial charge in [0.1, 0.15) is 28.5 Å². The van der Waals surface area contributed by atoms with Gasteiger partial charge in [0.25, 0.3) is 0 Å². The van der Waals surface area contributed by atoms with E-state index in [1.807, 2.05) is 24.3 Å². The number of hydrogen-bond acceptors (Lipinski definition) is 4. The lowest BCUT2D eigenvalue weighted by molar-refractivity contribution is 0.407. The van der Waals surface area contributed by atoms with E-state index in [0.717, 1.165) is 79.1 Å². The van der Waals surface area contributed by atoms with Crippen LogP contribution in [0.2, 0.25) is 0 Å². The normalized spacial score (nSPS) is 18.2. The largest absolute Gasteiger partial charge is 0.455 e. The number of fused-ring (bicyclic) bond motifs is 7. The third kappa shape index (κ3) is 3.34. The number of nitrogens with zero attached hydrogens (tertiary/aromatic N) is 1. The summed E-state index contributed by atoms with van der Waals surface area (Å²) in [5.74, 6) is 0. The summed E-state index contributed by atoms with van der Waals surface area (Å²) in [6.45, 7) is 0. The van der Waals surface area contributed by atoms with Crippen molar-refractivity contribution in [2.24, 2.45) is 0 Å². The molecule has 0 spiro atoms. The van der Waals surface area contributed by atoms with Crippen molar-refractivity contribution >= 4 is 49.6 Å². The first-order valence-electron chi connectivity index (χ1n) is 14.2. The summed E-state index contributed by atoms with van der Waals surface area (Å²) in [6, 6.07) is 27.6. The molecule has 1 N–H and O–H groups in total. The van der Waals surface area contributed by atoms with Gasteiger partial charge in [-0.05, 0) is 59.9 Å². The number of allylic oxidation sites excluding steroid dienone is 5. The maximum Gasteiger partial charge on any atom is 0.147 e. The topological polar surface area (TPSA) is 41.6 Å². The number of hydrogen-bond donors (Lipinski definition) is 1. The monoisotopic (exact) mass is 530 g/mol. The molecule has 41 heavy (non-hydrogen) atoms. The molecule has 0 saturated carbocycles. The molecule has 0 radical (unpaired) electrons. The van der Waals surface area contributed by atoms with Crippen LogP contribution in [0, 0.1) is 0 Å². The van der Waals surface area contributed by atoms with Crippen LogP contribution in [-0.2, 0) is 0 Å². The quantitative estimate of drug-likeness (QED) is 0.247. The highest BCUT2D eigenvalue weighted by atomic mass is 16.3. The van der Waals surface area contributed by atoms with Gasteiger partial charge in [0, 0.05) is 27.7 Å². The SMILES string of the molecule is C1=CC2NC(c3ccc(-c4c5oc6ccccc6c5cc5c4oc4ccccc45)cc3)=C(C3=CCCC=C3)N2C=C1. The Kier molecular flexibility index (Phi) is 4.76. The van der Waals surface area contributed by atoms with E-state index < -0.39 is 0 Å². The Labute approximate surface area is 236 Å². The molecule has 1 unspecified atom stereocenters. The molecule has 0 amide bonds. The Hall–Kier alpha value is -5.22. The highest BCUT2D eigenvalue weighted by Gasteiger charge is 2.32. The second kappa shape index (κ2) is 8.64. The first-order chi connectivity index (χ1) is 20.3. The van der Waals surface area contributed by atoms with Crippen LogP contribution in [0.25, 0.3) is 60.7 Å². The summed E-state index contributed by atoms with van der Waals surface area (Å²) >= 11 is 0. The van der Waals surface area contributed by atoms with Gasteiger partial charge >= 0.3 is 0 Å². The summed E-state index contributed by atoms with van der Waals surface area (Å²) in [7, 11) is 0. The number of para-hydroxylation sites is 2. The van der Waals surface area contributed by atoms with Crippen molar-refractivity contribution in [3.8, 4) is 11.1 Å². The molecule has 9 rings (SSSR count). The fraction of sp³-hybridized carbons (Fsp3) is 0.0811. The second-order valence-electron chi connectivity index (χ2n) is 10.9. The Morgan fingerprint density at radius 3 is 2.07 bits per heavy atom. The lowest BCUT2D eigenvalue weighted by Crippen LogP contribution is -2.33. The van der Waals surface area contributed by atoms with E-state index in [1.54, 1.807) is 0 Å². The van der Waals surface area contributed by atoms with Gasteiger partial charge in [0.05, 0.1) is 17.0 Å². The van der Waals surface area contributed by atoms with E-state index in [0.29, 0.717) is 0 Å². The van der Waals surface area contributed by atoms with E-state index in [2.05, 4.69) is 107 Å². The third-order valence-corrected chi connectivity index (χ3v) is 8.48. The predicted octanol–water partition coefficient (Wildman–Crippen LogP) is 9.41. The van der Waals surface area contributed by atoms with E-state index >= 15 is 0 Å². The summed E-state index contributed by atoms with van der Waals surface area (Å²) in [5, 5.41) is 8.20.